The van der Waals surface area contributed by atoms with Crippen molar-refractivity contribution >= 4 is 0 Å². The molecule has 0 aliphatic carbocycles. The molecule has 0 aliphatic heterocycles. The molecular formula is C13H9F4NO. The second-order valence-corrected chi connectivity index (χ2v) is 3.82. The lowest BCUT2D eigenvalue weighted by molar-refractivity contribution is 0.195. The summed E-state index contributed by atoms with van der Waals surface area (Å²) in [6.07, 6.45) is -0.772. The average Bonchev–Trinajstić information content (AvgIpc) is 2.42. The van der Waals surface area contributed by atoms with Crippen LogP contribution in [0, 0.1) is 23.5 Å². The van der Waals surface area contributed by atoms with E-state index in [1.165, 1.54) is 6.92 Å². The first-order valence-electron chi connectivity index (χ1n) is 5.42. The molecule has 2 aromatic rings. The van der Waals surface area contributed by atoms with Crippen LogP contribution in [0.25, 0.3) is 0 Å². The molecule has 2 rings (SSSR count). The van der Waals surface area contributed by atoms with Crippen molar-refractivity contribution in [3.05, 3.63) is 59.4 Å². The molecule has 100 valence electrons. The minimum atomic E-state index is -1.74. The Balaban J connectivity index is 2.34. The van der Waals surface area contributed by atoms with Crippen LogP contribution < -0.4 is 4.74 Å². The summed E-state index contributed by atoms with van der Waals surface area (Å²) in [5, 5.41) is 0. The van der Waals surface area contributed by atoms with E-state index in [-0.39, 0.29) is 0 Å². The fourth-order valence-corrected chi connectivity index (χ4v) is 1.54. The Morgan fingerprint density at radius 3 is 2.00 bits per heavy atom. The third kappa shape index (κ3) is 2.67. The molecule has 1 aromatic heterocycles. The average molecular weight is 271 g/mol. The third-order valence-corrected chi connectivity index (χ3v) is 2.52. The largest absolute Gasteiger partial charge is 0.480 e. The lowest BCUT2D eigenvalue weighted by Gasteiger charge is -2.16. The zero-order valence-corrected chi connectivity index (χ0v) is 9.83. The Morgan fingerprint density at radius 1 is 0.947 bits per heavy atom. The van der Waals surface area contributed by atoms with E-state index in [1.54, 1.807) is 30.3 Å². The highest BCUT2D eigenvalue weighted by atomic mass is 19.2. The summed E-state index contributed by atoms with van der Waals surface area (Å²) in [6, 6.07) is 8.48. The molecule has 1 heterocycles. The predicted molar refractivity (Wildman–Crippen MR) is 59.6 cm³/mol. The summed E-state index contributed by atoms with van der Waals surface area (Å²) >= 11 is 0. The van der Waals surface area contributed by atoms with E-state index in [4.69, 9.17) is 4.74 Å². The number of aromatic nitrogens is 1. The number of halogens is 4. The Bertz CT molecular complexity index is 563. The predicted octanol–water partition coefficient (Wildman–Crippen LogP) is 3.78. The van der Waals surface area contributed by atoms with E-state index < -0.39 is 35.4 Å². The molecule has 1 aromatic carbocycles. The topological polar surface area (TPSA) is 22.1 Å². The maximum atomic E-state index is 13.3. The summed E-state index contributed by atoms with van der Waals surface area (Å²) in [5.74, 6) is -7.90. The number of rotatable bonds is 3. The molecule has 2 nitrogen and oxygen atoms in total. The summed E-state index contributed by atoms with van der Waals surface area (Å²) in [4.78, 5) is 2.45. The van der Waals surface area contributed by atoms with Crippen LogP contribution in [-0.2, 0) is 0 Å². The van der Waals surface area contributed by atoms with E-state index >= 15 is 0 Å². The lowest BCUT2D eigenvalue weighted by Crippen LogP contribution is -2.09. The fourth-order valence-electron chi connectivity index (χ4n) is 1.54. The van der Waals surface area contributed by atoms with Gasteiger partial charge >= 0.3 is 0 Å². The summed E-state index contributed by atoms with van der Waals surface area (Å²) in [6.45, 7) is 1.50. The quantitative estimate of drug-likeness (QED) is 0.626. The molecule has 0 N–H and O–H groups in total. The van der Waals surface area contributed by atoms with Gasteiger partial charge in [-0.2, -0.15) is 22.5 Å². The first kappa shape index (κ1) is 13.3. The monoisotopic (exact) mass is 271 g/mol. The van der Waals surface area contributed by atoms with Crippen molar-refractivity contribution in [1.82, 2.24) is 4.98 Å². The summed E-state index contributed by atoms with van der Waals surface area (Å²) in [5.41, 5.74) is 0.610. The highest BCUT2D eigenvalue weighted by Crippen LogP contribution is 2.29. The SMILES string of the molecule is CC(Oc1c(F)c(F)nc(F)c1F)c1ccccc1. The van der Waals surface area contributed by atoms with Crippen molar-refractivity contribution in [1.29, 1.82) is 0 Å². The molecule has 0 aliphatic rings. The standard InChI is InChI=1S/C13H9F4NO/c1-7(8-5-3-2-4-6-8)19-11-9(14)12(16)18-13(17)10(11)15/h2-7H,1H3. The smallest absolute Gasteiger partial charge is 0.255 e. The maximum absolute atomic E-state index is 13.3. The van der Waals surface area contributed by atoms with Gasteiger partial charge < -0.3 is 4.74 Å². The van der Waals surface area contributed by atoms with E-state index in [9.17, 15) is 17.6 Å². The Morgan fingerprint density at radius 2 is 1.47 bits per heavy atom. The molecule has 19 heavy (non-hydrogen) atoms. The van der Waals surface area contributed by atoms with Crippen molar-refractivity contribution in [2.45, 2.75) is 13.0 Å². The highest BCUT2D eigenvalue weighted by molar-refractivity contribution is 5.26. The first-order valence-corrected chi connectivity index (χ1v) is 5.42. The molecular weight excluding hydrogens is 262 g/mol. The van der Waals surface area contributed by atoms with E-state index in [2.05, 4.69) is 4.98 Å². The zero-order valence-electron chi connectivity index (χ0n) is 9.83. The highest BCUT2D eigenvalue weighted by Gasteiger charge is 2.24. The van der Waals surface area contributed by atoms with Gasteiger partial charge in [0.15, 0.2) is 0 Å². The van der Waals surface area contributed by atoms with E-state index in [0.717, 1.165) is 0 Å². The van der Waals surface area contributed by atoms with Gasteiger partial charge in [-0.05, 0) is 12.5 Å². The van der Waals surface area contributed by atoms with Gasteiger partial charge in [-0.15, -0.1) is 0 Å². The van der Waals surface area contributed by atoms with Crippen LogP contribution in [0.15, 0.2) is 30.3 Å². The number of hydrogen-bond acceptors (Lipinski definition) is 2. The van der Waals surface area contributed by atoms with Crippen LogP contribution in [0.5, 0.6) is 5.75 Å². The minimum absolute atomic E-state index is 0.610. The second kappa shape index (κ2) is 5.26. The first-order chi connectivity index (χ1) is 9.00. The van der Waals surface area contributed by atoms with Gasteiger partial charge in [0.2, 0.25) is 17.4 Å². The lowest BCUT2D eigenvalue weighted by atomic mass is 10.1. The van der Waals surface area contributed by atoms with Crippen molar-refractivity contribution in [2.75, 3.05) is 0 Å². The molecule has 1 atom stereocenters. The molecule has 0 fully saturated rings. The fraction of sp³-hybridized carbons (Fsp3) is 0.154. The molecule has 0 saturated heterocycles. The number of pyridine rings is 1. The molecule has 0 bridgehead atoms. The molecule has 6 heteroatoms. The molecule has 0 spiro atoms. The molecule has 1 unspecified atom stereocenters. The van der Waals surface area contributed by atoms with Crippen LogP contribution in [0.3, 0.4) is 0 Å². The number of nitrogens with zero attached hydrogens (tertiary/aromatic N) is 1. The van der Waals surface area contributed by atoms with Gasteiger partial charge in [-0.1, -0.05) is 30.3 Å². The van der Waals surface area contributed by atoms with Gasteiger partial charge in [0.25, 0.3) is 11.9 Å². The van der Waals surface area contributed by atoms with E-state index in [0.29, 0.717) is 5.56 Å². The molecule has 0 saturated carbocycles. The van der Waals surface area contributed by atoms with Crippen molar-refractivity contribution in [2.24, 2.45) is 0 Å². The Hall–Kier alpha value is -2.11. The van der Waals surface area contributed by atoms with Crippen molar-refractivity contribution < 1.29 is 22.3 Å². The summed E-state index contributed by atoms with van der Waals surface area (Å²) < 4.78 is 57.5. The number of ether oxygens (including phenoxy) is 1. The van der Waals surface area contributed by atoms with Crippen molar-refractivity contribution in [3.8, 4) is 5.75 Å². The normalized spacial score (nSPS) is 12.3. The Kier molecular flexibility index (Phi) is 3.69. The minimum Gasteiger partial charge on any atom is -0.480 e. The van der Waals surface area contributed by atoms with Gasteiger partial charge in [0.1, 0.15) is 6.10 Å². The van der Waals surface area contributed by atoms with Gasteiger partial charge in [-0.3, -0.25) is 0 Å². The molecule has 0 amide bonds. The summed E-state index contributed by atoms with van der Waals surface area (Å²) in [7, 11) is 0. The van der Waals surface area contributed by atoms with Crippen LogP contribution in [0.2, 0.25) is 0 Å². The Labute approximate surface area is 106 Å². The van der Waals surface area contributed by atoms with Gasteiger partial charge in [-0.25, -0.2) is 0 Å². The molecule has 0 radical (unpaired) electrons. The van der Waals surface area contributed by atoms with Crippen molar-refractivity contribution in [3.63, 3.8) is 0 Å². The van der Waals surface area contributed by atoms with Crippen LogP contribution >= 0.6 is 0 Å². The zero-order chi connectivity index (χ0) is 14.0. The van der Waals surface area contributed by atoms with Crippen LogP contribution in [0.1, 0.15) is 18.6 Å². The maximum Gasteiger partial charge on any atom is 0.255 e. The van der Waals surface area contributed by atoms with E-state index in [1.807, 2.05) is 0 Å². The van der Waals surface area contributed by atoms with Gasteiger partial charge in [0.05, 0.1) is 0 Å². The number of hydrogen-bond donors (Lipinski definition) is 0. The third-order valence-electron chi connectivity index (χ3n) is 2.52. The van der Waals surface area contributed by atoms with Gasteiger partial charge in [0, 0.05) is 0 Å². The second-order valence-electron chi connectivity index (χ2n) is 3.82. The van der Waals surface area contributed by atoms with Crippen LogP contribution in [0.4, 0.5) is 17.6 Å². The van der Waals surface area contributed by atoms with Crippen LogP contribution in [-0.4, -0.2) is 4.98 Å². The number of benzene rings is 1.